The van der Waals surface area contributed by atoms with Crippen molar-refractivity contribution in [2.75, 3.05) is 0 Å². The Hall–Kier alpha value is -1.49. The van der Waals surface area contributed by atoms with Crippen LogP contribution in [0.2, 0.25) is 0 Å². The molecule has 0 atom stereocenters. The molecule has 0 saturated heterocycles. The second-order valence-electron chi connectivity index (χ2n) is 1.97. The van der Waals surface area contributed by atoms with E-state index >= 15 is 0 Å². The second kappa shape index (κ2) is 4.40. The SMILES string of the molecule is O=COB(O)Oc1ccccc1. The van der Waals surface area contributed by atoms with Crippen LogP contribution in [0.4, 0.5) is 0 Å². The molecular weight excluding hydrogens is 159 g/mol. The number of benzene rings is 1. The average molecular weight is 166 g/mol. The smallest absolute Gasteiger partial charge is 0.501 e. The summed E-state index contributed by atoms with van der Waals surface area (Å²) in [4.78, 5) is 9.74. The molecule has 0 radical (unpaired) electrons. The van der Waals surface area contributed by atoms with Gasteiger partial charge in [0.15, 0.2) is 0 Å². The molecule has 4 nitrogen and oxygen atoms in total. The predicted octanol–water partition coefficient (Wildman–Crippen LogP) is 0.216. The third-order valence-corrected chi connectivity index (χ3v) is 1.15. The standard InChI is InChI=1S/C7H7BO4/c9-6-11-8(10)12-7-4-2-1-3-5-7/h1-6,10H. The Morgan fingerprint density at radius 2 is 2.00 bits per heavy atom. The van der Waals surface area contributed by atoms with Crippen molar-refractivity contribution in [3.05, 3.63) is 30.3 Å². The van der Waals surface area contributed by atoms with Crippen LogP contribution in [0.15, 0.2) is 30.3 Å². The first-order chi connectivity index (χ1) is 5.83. The van der Waals surface area contributed by atoms with Crippen molar-refractivity contribution in [3.8, 4) is 5.75 Å². The van der Waals surface area contributed by atoms with Crippen LogP contribution in [-0.4, -0.2) is 18.8 Å². The lowest BCUT2D eigenvalue weighted by Crippen LogP contribution is -2.25. The fourth-order valence-electron chi connectivity index (χ4n) is 0.691. The molecule has 12 heavy (non-hydrogen) atoms. The fraction of sp³-hybridized carbons (Fsp3) is 0. The molecule has 0 aliphatic carbocycles. The van der Waals surface area contributed by atoms with Gasteiger partial charge in [0.1, 0.15) is 5.75 Å². The number of rotatable bonds is 4. The van der Waals surface area contributed by atoms with Crippen molar-refractivity contribution in [2.24, 2.45) is 0 Å². The molecule has 0 aromatic heterocycles. The van der Waals surface area contributed by atoms with Crippen molar-refractivity contribution < 1.29 is 19.1 Å². The van der Waals surface area contributed by atoms with Gasteiger partial charge in [-0.05, 0) is 12.1 Å². The van der Waals surface area contributed by atoms with Gasteiger partial charge in [0.2, 0.25) is 0 Å². The maximum Gasteiger partial charge on any atom is 0.787 e. The van der Waals surface area contributed by atoms with Crippen LogP contribution in [-0.2, 0) is 9.45 Å². The first-order valence-corrected chi connectivity index (χ1v) is 3.32. The Bertz CT molecular complexity index is 238. The monoisotopic (exact) mass is 166 g/mol. The number of para-hydroxylation sites is 1. The normalized spacial score (nSPS) is 8.75. The third kappa shape index (κ3) is 2.63. The molecule has 0 unspecified atom stereocenters. The van der Waals surface area contributed by atoms with E-state index in [1.165, 1.54) is 0 Å². The quantitative estimate of drug-likeness (QED) is 0.513. The van der Waals surface area contributed by atoms with Gasteiger partial charge >= 0.3 is 7.32 Å². The molecule has 0 aliphatic rings. The van der Waals surface area contributed by atoms with Crippen molar-refractivity contribution in [1.82, 2.24) is 0 Å². The van der Waals surface area contributed by atoms with Crippen LogP contribution in [0.1, 0.15) is 0 Å². The topological polar surface area (TPSA) is 55.8 Å². The predicted molar refractivity (Wildman–Crippen MR) is 42.2 cm³/mol. The lowest BCUT2D eigenvalue weighted by molar-refractivity contribution is -0.122. The highest BCUT2D eigenvalue weighted by Gasteiger charge is 2.18. The summed E-state index contributed by atoms with van der Waals surface area (Å²) in [7, 11) is -1.54. The minimum Gasteiger partial charge on any atom is -0.501 e. The molecule has 0 amide bonds. The largest absolute Gasteiger partial charge is 0.787 e. The number of carbonyl (C=O) groups is 1. The summed E-state index contributed by atoms with van der Waals surface area (Å²) in [6.07, 6.45) is 0. The van der Waals surface area contributed by atoms with E-state index in [2.05, 4.69) is 4.65 Å². The zero-order valence-corrected chi connectivity index (χ0v) is 6.21. The highest BCUT2D eigenvalue weighted by atomic mass is 16.7. The molecule has 1 rings (SSSR count). The van der Waals surface area contributed by atoms with Gasteiger partial charge in [-0.1, -0.05) is 18.2 Å². The van der Waals surface area contributed by atoms with E-state index in [0.29, 0.717) is 5.75 Å². The second-order valence-corrected chi connectivity index (χ2v) is 1.97. The Kier molecular flexibility index (Phi) is 3.16. The molecule has 0 saturated carbocycles. The Balaban J connectivity index is 2.46. The molecule has 0 aliphatic heterocycles. The maximum absolute atomic E-state index is 9.74. The van der Waals surface area contributed by atoms with Gasteiger partial charge in [0.25, 0.3) is 6.47 Å². The molecule has 62 valence electrons. The lowest BCUT2D eigenvalue weighted by atomic mass is 10.2. The van der Waals surface area contributed by atoms with Crippen LogP contribution in [0.25, 0.3) is 0 Å². The molecular formula is C7H7BO4. The molecule has 1 N–H and O–H groups in total. The molecule has 0 spiro atoms. The van der Waals surface area contributed by atoms with Crippen molar-refractivity contribution in [1.29, 1.82) is 0 Å². The van der Waals surface area contributed by atoms with E-state index in [9.17, 15) is 4.79 Å². The maximum atomic E-state index is 9.74. The molecule has 0 heterocycles. The van der Waals surface area contributed by atoms with Crippen molar-refractivity contribution in [2.45, 2.75) is 0 Å². The Labute approximate surface area is 69.9 Å². The molecule has 1 aromatic rings. The molecule has 5 heteroatoms. The Morgan fingerprint density at radius 3 is 2.58 bits per heavy atom. The summed E-state index contributed by atoms with van der Waals surface area (Å²) in [6.45, 7) is 0.119. The molecule has 0 fully saturated rings. The van der Waals surface area contributed by atoms with Crippen molar-refractivity contribution >= 4 is 13.8 Å². The van der Waals surface area contributed by atoms with E-state index in [0.717, 1.165) is 0 Å². The summed E-state index contributed by atoms with van der Waals surface area (Å²) in [5.74, 6) is 0.437. The first kappa shape index (κ1) is 8.61. The summed E-state index contributed by atoms with van der Waals surface area (Å²) in [5.41, 5.74) is 0. The van der Waals surface area contributed by atoms with Gasteiger partial charge in [-0.3, -0.25) is 4.79 Å². The highest BCUT2D eigenvalue weighted by molar-refractivity contribution is 6.37. The number of carbonyl (C=O) groups excluding carboxylic acids is 1. The van der Waals surface area contributed by atoms with Gasteiger partial charge in [0, 0.05) is 0 Å². The lowest BCUT2D eigenvalue weighted by Gasteiger charge is -2.05. The van der Waals surface area contributed by atoms with E-state index in [1.807, 2.05) is 0 Å². The highest BCUT2D eigenvalue weighted by Crippen LogP contribution is 2.08. The Morgan fingerprint density at radius 1 is 1.33 bits per heavy atom. The van der Waals surface area contributed by atoms with E-state index in [4.69, 9.17) is 9.68 Å². The molecule has 1 aromatic carbocycles. The average Bonchev–Trinajstić information content (AvgIpc) is 2.06. The number of hydrogen-bond acceptors (Lipinski definition) is 4. The zero-order chi connectivity index (χ0) is 8.81. The zero-order valence-electron chi connectivity index (χ0n) is 6.21. The van der Waals surface area contributed by atoms with Crippen LogP contribution >= 0.6 is 0 Å². The summed E-state index contributed by atoms with van der Waals surface area (Å²) in [6, 6.07) is 8.56. The van der Waals surface area contributed by atoms with Gasteiger partial charge in [-0.25, -0.2) is 0 Å². The van der Waals surface area contributed by atoms with E-state index in [1.54, 1.807) is 30.3 Å². The third-order valence-electron chi connectivity index (χ3n) is 1.15. The van der Waals surface area contributed by atoms with Gasteiger partial charge in [-0.2, -0.15) is 0 Å². The van der Waals surface area contributed by atoms with Crippen molar-refractivity contribution in [3.63, 3.8) is 0 Å². The van der Waals surface area contributed by atoms with Gasteiger partial charge in [-0.15, -0.1) is 0 Å². The van der Waals surface area contributed by atoms with Gasteiger partial charge < -0.3 is 14.3 Å². The van der Waals surface area contributed by atoms with E-state index in [-0.39, 0.29) is 6.47 Å². The minimum absolute atomic E-state index is 0.119. The first-order valence-electron chi connectivity index (χ1n) is 3.32. The van der Waals surface area contributed by atoms with Crippen LogP contribution < -0.4 is 4.65 Å². The van der Waals surface area contributed by atoms with Crippen LogP contribution in [0.5, 0.6) is 5.75 Å². The summed E-state index contributed by atoms with van der Waals surface area (Å²) >= 11 is 0. The van der Waals surface area contributed by atoms with Gasteiger partial charge in [0.05, 0.1) is 0 Å². The van der Waals surface area contributed by atoms with Crippen LogP contribution in [0, 0.1) is 0 Å². The fourth-order valence-corrected chi connectivity index (χ4v) is 0.691. The summed E-state index contributed by atoms with van der Waals surface area (Å²) < 4.78 is 8.86. The van der Waals surface area contributed by atoms with E-state index < -0.39 is 7.32 Å². The summed E-state index contributed by atoms with van der Waals surface area (Å²) in [5, 5.41) is 8.83. The van der Waals surface area contributed by atoms with Crippen LogP contribution in [0.3, 0.4) is 0 Å². The number of hydrogen-bond donors (Lipinski definition) is 1. The molecule has 0 bridgehead atoms. The minimum atomic E-state index is -1.54.